The third kappa shape index (κ3) is 2.49. The van der Waals surface area contributed by atoms with Gasteiger partial charge in [0, 0.05) is 24.7 Å². The van der Waals surface area contributed by atoms with E-state index >= 15 is 0 Å². The van der Waals surface area contributed by atoms with Crippen LogP contribution in [-0.2, 0) is 6.54 Å². The number of likely N-dealkylation sites (tertiary alicyclic amines) is 1. The average Bonchev–Trinajstić information content (AvgIpc) is 3.19. The van der Waals surface area contributed by atoms with Gasteiger partial charge in [0.1, 0.15) is 5.69 Å². The summed E-state index contributed by atoms with van der Waals surface area (Å²) in [5, 5.41) is 14.5. The molecule has 2 heterocycles. The molecule has 0 unspecified atom stereocenters. The molecule has 1 aliphatic heterocycles. The number of hydrogen-bond donors (Lipinski definition) is 1. The summed E-state index contributed by atoms with van der Waals surface area (Å²) >= 11 is 0. The molecule has 1 saturated heterocycles. The molecule has 2 aromatic rings. The highest BCUT2D eigenvalue weighted by Gasteiger charge is 2.51. The van der Waals surface area contributed by atoms with Crippen LogP contribution in [0.4, 0.5) is 0 Å². The second kappa shape index (κ2) is 4.68. The van der Waals surface area contributed by atoms with Crippen LogP contribution in [0, 0.1) is 12.8 Å². The number of β-amino-alcohol motifs (C(OH)–C–C–N with tert-alkyl or cyclic N) is 1. The molecule has 4 heteroatoms. The Morgan fingerprint density at radius 1 is 1.29 bits per heavy atom. The smallest absolute Gasteiger partial charge is 0.151 e. The Morgan fingerprint density at radius 3 is 2.67 bits per heavy atom. The third-order valence-electron chi connectivity index (χ3n) is 4.62. The monoisotopic (exact) mass is 284 g/mol. The molecule has 0 bridgehead atoms. The fourth-order valence-corrected chi connectivity index (χ4v) is 3.19. The lowest BCUT2D eigenvalue weighted by molar-refractivity contribution is -0.118. The van der Waals surface area contributed by atoms with Crippen molar-refractivity contribution < 1.29 is 9.63 Å². The summed E-state index contributed by atoms with van der Waals surface area (Å²) in [7, 11) is 0. The SMILES string of the molecule is Cc1ccc(-c2cc(CN3CC(O)(C4CC4)C3)on2)cc1. The molecule has 0 amide bonds. The quantitative estimate of drug-likeness (QED) is 0.937. The van der Waals surface area contributed by atoms with E-state index in [0.29, 0.717) is 5.92 Å². The first-order chi connectivity index (χ1) is 10.1. The van der Waals surface area contributed by atoms with Crippen molar-refractivity contribution in [1.29, 1.82) is 0 Å². The molecule has 2 aliphatic rings. The summed E-state index contributed by atoms with van der Waals surface area (Å²) in [5.41, 5.74) is 2.76. The molecule has 0 radical (unpaired) electrons. The molecular weight excluding hydrogens is 264 g/mol. The van der Waals surface area contributed by atoms with Gasteiger partial charge in [-0.15, -0.1) is 0 Å². The van der Waals surface area contributed by atoms with Crippen molar-refractivity contribution in [2.24, 2.45) is 5.92 Å². The van der Waals surface area contributed by atoms with E-state index < -0.39 is 5.60 Å². The molecule has 4 nitrogen and oxygen atoms in total. The van der Waals surface area contributed by atoms with E-state index in [1.807, 2.05) is 6.07 Å². The molecule has 1 N–H and O–H groups in total. The van der Waals surface area contributed by atoms with Crippen molar-refractivity contribution in [3.05, 3.63) is 41.7 Å². The molecule has 1 aromatic carbocycles. The predicted molar refractivity (Wildman–Crippen MR) is 79.6 cm³/mol. The largest absolute Gasteiger partial charge is 0.387 e. The van der Waals surface area contributed by atoms with Crippen LogP contribution in [0.25, 0.3) is 11.3 Å². The van der Waals surface area contributed by atoms with Crippen LogP contribution in [0.5, 0.6) is 0 Å². The summed E-state index contributed by atoms with van der Waals surface area (Å²) in [6, 6.07) is 10.3. The number of hydrogen-bond acceptors (Lipinski definition) is 4. The summed E-state index contributed by atoms with van der Waals surface area (Å²) in [5.74, 6) is 1.40. The minimum atomic E-state index is -0.431. The molecule has 1 aromatic heterocycles. The summed E-state index contributed by atoms with van der Waals surface area (Å²) < 4.78 is 5.43. The average molecular weight is 284 g/mol. The van der Waals surface area contributed by atoms with Gasteiger partial charge in [0.2, 0.25) is 0 Å². The molecule has 110 valence electrons. The van der Waals surface area contributed by atoms with Gasteiger partial charge in [-0.3, -0.25) is 4.90 Å². The van der Waals surface area contributed by atoms with E-state index in [1.165, 1.54) is 18.4 Å². The van der Waals surface area contributed by atoms with E-state index in [-0.39, 0.29) is 0 Å². The van der Waals surface area contributed by atoms with Crippen LogP contribution in [-0.4, -0.2) is 33.9 Å². The maximum Gasteiger partial charge on any atom is 0.151 e. The molecule has 0 atom stereocenters. The van der Waals surface area contributed by atoms with Gasteiger partial charge in [0.05, 0.1) is 12.1 Å². The van der Waals surface area contributed by atoms with E-state index in [9.17, 15) is 5.11 Å². The second-order valence-electron chi connectivity index (χ2n) is 6.57. The van der Waals surface area contributed by atoms with E-state index in [2.05, 4.69) is 41.2 Å². The Labute approximate surface area is 124 Å². The van der Waals surface area contributed by atoms with Gasteiger partial charge in [0.25, 0.3) is 0 Å². The topological polar surface area (TPSA) is 49.5 Å². The fourth-order valence-electron chi connectivity index (χ4n) is 3.19. The first-order valence-electron chi connectivity index (χ1n) is 7.60. The summed E-state index contributed by atoms with van der Waals surface area (Å²) in [6.45, 7) is 4.33. The molecule has 1 aliphatic carbocycles. The van der Waals surface area contributed by atoms with Crippen molar-refractivity contribution in [2.45, 2.75) is 31.9 Å². The summed E-state index contributed by atoms with van der Waals surface area (Å²) in [6.07, 6.45) is 2.37. The van der Waals surface area contributed by atoms with E-state index in [0.717, 1.165) is 36.7 Å². The van der Waals surface area contributed by atoms with E-state index in [4.69, 9.17) is 4.52 Å². The zero-order valence-electron chi connectivity index (χ0n) is 12.2. The first kappa shape index (κ1) is 13.0. The third-order valence-corrected chi connectivity index (χ3v) is 4.62. The van der Waals surface area contributed by atoms with Crippen molar-refractivity contribution >= 4 is 0 Å². The lowest BCUT2D eigenvalue weighted by Gasteiger charge is -2.46. The minimum Gasteiger partial charge on any atom is -0.387 e. The van der Waals surface area contributed by atoms with Gasteiger partial charge in [-0.1, -0.05) is 35.0 Å². The number of aryl methyl sites for hydroxylation is 1. The Hall–Kier alpha value is -1.65. The number of aliphatic hydroxyl groups is 1. The van der Waals surface area contributed by atoms with Crippen LogP contribution in [0.2, 0.25) is 0 Å². The van der Waals surface area contributed by atoms with Crippen LogP contribution in [0.3, 0.4) is 0 Å². The van der Waals surface area contributed by atoms with Crippen molar-refractivity contribution in [3.8, 4) is 11.3 Å². The van der Waals surface area contributed by atoms with Crippen LogP contribution in [0.15, 0.2) is 34.9 Å². The second-order valence-corrected chi connectivity index (χ2v) is 6.57. The summed E-state index contributed by atoms with van der Waals surface area (Å²) in [4.78, 5) is 2.22. The maximum atomic E-state index is 10.3. The van der Waals surface area contributed by atoms with Gasteiger partial charge < -0.3 is 9.63 Å². The zero-order valence-corrected chi connectivity index (χ0v) is 12.2. The van der Waals surface area contributed by atoms with Crippen molar-refractivity contribution in [2.75, 3.05) is 13.1 Å². The van der Waals surface area contributed by atoms with Crippen molar-refractivity contribution in [3.63, 3.8) is 0 Å². The number of nitrogens with zero attached hydrogens (tertiary/aromatic N) is 2. The van der Waals surface area contributed by atoms with Gasteiger partial charge >= 0.3 is 0 Å². The number of rotatable bonds is 4. The molecule has 1 saturated carbocycles. The van der Waals surface area contributed by atoms with Gasteiger partial charge in [-0.2, -0.15) is 0 Å². The zero-order chi connectivity index (χ0) is 14.4. The van der Waals surface area contributed by atoms with Crippen molar-refractivity contribution in [1.82, 2.24) is 10.1 Å². The number of benzene rings is 1. The first-order valence-corrected chi connectivity index (χ1v) is 7.60. The Bertz CT molecular complexity index is 637. The lowest BCUT2D eigenvalue weighted by atomic mass is 9.89. The highest BCUT2D eigenvalue weighted by molar-refractivity contribution is 5.59. The highest BCUT2D eigenvalue weighted by atomic mass is 16.5. The Kier molecular flexibility index (Phi) is 2.91. The maximum absolute atomic E-state index is 10.3. The molecule has 0 spiro atoms. The minimum absolute atomic E-state index is 0.431. The molecular formula is C17H20N2O2. The lowest BCUT2D eigenvalue weighted by Crippen LogP contribution is -2.62. The predicted octanol–water partition coefficient (Wildman–Crippen LogP) is 2.61. The Morgan fingerprint density at radius 2 is 2.00 bits per heavy atom. The van der Waals surface area contributed by atoms with Gasteiger partial charge in [0.15, 0.2) is 5.76 Å². The number of aromatic nitrogens is 1. The highest BCUT2D eigenvalue weighted by Crippen LogP contribution is 2.44. The van der Waals surface area contributed by atoms with Crippen LogP contribution < -0.4 is 0 Å². The van der Waals surface area contributed by atoms with E-state index in [1.54, 1.807) is 0 Å². The molecule has 2 fully saturated rings. The molecule has 21 heavy (non-hydrogen) atoms. The van der Waals surface area contributed by atoms with Gasteiger partial charge in [-0.25, -0.2) is 0 Å². The fraction of sp³-hybridized carbons (Fsp3) is 0.471. The van der Waals surface area contributed by atoms with Crippen LogP contribution in [0.1, 0.15) is 24.2 Å². The normalized spacial score (nSPS) is 21.2. The van der Waals surface area contributed by atoms with Crippen LogP contribution >= 0.6 is 0 Å². The Balaban J connectivity index is 1.40. The standard InChI is InChI=1S/C17H20N2O2/c1-12-2-4-13(5-3-12)16-8-15(21-18-16)9-19-10-17(20,11-19)14-6-7-14/h2-5,8,14,20H,6-7,9-11H2,1H3. The van der Waals surface area contributed by atoms with Gasteiger partial charge in [-0.05, 0) is 25.7 Å². The molecule has 4 rings (SSSR count).